The van der Waals surface area contributed by atoms with Crippen LogP contribution in [0.1, 0.15) is 48.9 Å². The summed E-state index contributed by atoms with van der Waals surface area (Å²) in [6, 6.07) is 1.92. The van der Waals surface area contributed by atoms with Crippen molar-refractivity contribution >= 4 is 11.8 Å². The number of carbonyl (C=O) groups excluding carboxylic acids is 2. The van der Waals surface area contributed by atoms with E-state index >= 15 is 0 Å². The number of carbonyl (C=O) groups is 2. The van der Waals surface area contributed by atoms with Crippen LogP contribution >= 0.6 is 0 Å². The van der Waals surface area contributed by atoms with E-state index in [0.717, 1.165) is 12.8 Å². The second-order valence-corrected chi connectivity index (χ2v) is 4.92. The van der Waals surface area contributed by atoms with E-state index in [-0.39, 0.29) is 11.8 Å². The van der Waals surface area contributed by atoms with Crippen molar-refractivity contribution in [2.24, 2.45) is 0 Å². The molecule has 0 unspecified atom stereocenters. The Morgan fingerprint density at radius 3 is 2.74 bits per heavy atom. The average Bonchev–Trinajstić information content (AvgIpc) is 2.93. The van der Waals surface area contributed by atoms with E-state index in [0.29, 0.717) is 24.6 Å². The lowest BCUT2D eigenvalue weighted by Crippen LogP contribution is -2.38. The lowest BCUT2D eigenvalue weighted by Gasteiger charge is -2.22. The van der Waals surface area contributed by atoms with E-state index in [2.05, 4.69) is 10.6 Å². The van der Waals surface area contributed by atoms with Gasteiger partial charge in [0.15, 0.2) is 0 Å². The molecule has 104 valence electrons. The van der Waals surface area contributed by atoms with Crippen LogP contribution in [0.15, 0.2) is 23.0 Å². The van der Waals surface area contributed by atoms with Crippen molar-refractivity contribution in [3.63, 3.8) is 0 Å². The molecule has 0 atom stereocenters. The number of furan rings is 1. The number of nitrogens with one attached hydrogen (secondary N) is 2. The van der Waals surface area contributed by atoms with Crippen LogP contribution in [-0.2, 0) is 4.79 Å². The van der Waals surface area contributed by atoms with Crippen LogP contribution in [0.2, 0.25) is 0 Å². The minimum absolute atomic E-state index is 0.0133. The molecule has 1 aliphatic rings. The topological polar surface area (TPSA) is 71.3 Å². The van der Waals surface area contributed by atoms with Gasteiger partial charge in [-0.1, -0.05) is 19.3 Å². The number of hydrogen-bond acceptors (Lipinski definition) is 3. The number of rotatable bonds is 5. The quantitative estimate of drug-likeness (QED) is 0.852. The third-order valence-corrected chi connectivity index (χ3v) is 3.39. The van der Waals surface area contributed by atoms with E-state index in [1.54, 1.807) is 6.07 Å². The maximum absolute atomic E-state index is 11.7. The highest BCUT2D eigenvalue weighted by Crippen LogP contribution is 2.17. The predicted molar refractivity (Wildman–Crippen MR) is 70.7 cm³/mol. The van der Waals surface area contributed by atoms with E-state index in [1.165, 1.54) is 31.8 Å². The third-order valence-electron chi connectivity index (χ3n) is 3.39. The number of hydrogen-bond donors (Lipinski definition) is 2. The van der Waals surface area contributed by atoms with Gasteiger partial charge in [-0.15, -0.1) is 0 Å². The van der Waals surface area contributed by atoms with Crippen LogP contribution in [0, 0.1) is 0 Å². The minimum Gasteiger partial charge on any atom is -0.472 e. The molecule has 1 aromatic heterocycles. The van der Waals surface area contributed by atoms with Gasteiger partial charge in [-0.05, 0) is 18.9 Å². The molecule has 2 amide bonds. The molecule has 2 rings (SSSR count). The van der Waals surface area contributed by atoms with Gasteiger partial charge < -0.3 is 15.1 Å². The monoisotopic (exact) mass is 264 g/mol. The zero-order valence-corrected chi connectivity index (χ0v) is 11.0. The maximum Gasteiger partial charge on any atom is 0.254 e. The highest BCUT2D eigenvalue weighted by Gasteiger charge is 2.15. The van der Waals surface area contributed by atoms with Crippen LogP contribution < -0.4 is 10.6 Å². The van der Waals surface area contributed by atoms with Gasteiger partial charge in [0, 0.05) is 19.0 Å². The summed E-state index contributed by atoms with van der Waals surface area (Å²) in [6.45, 7) is 0.350. The van der Waals surface area contributed by atoms with Crippen molar-refractivity contribution in [3.05, 3.63) is 24.2 Å². The Bertz CT molecular complexity index is 408. The summed E-state index contributed by atoms with van der Waals surface area (Å²) in [4.78, 5) is 23.3. The summed E-state index contributed by atoms with van der Waals surface area (Å²) in [5.74, 6) is -0.196. The summed E-state index contributed by atoms with van der Waals surface area (Å²) in [5, 5.41) is 5.71. The van der Waals surface area contributed by atoms with E-state index in [9.17, 15) is 9.59 Å². The summed E-state index contributed by atoms with van der Waals surface area (Å²) in [6.07, 6.45) is 8.97. The van der Waals surface area contributed by atoms with Crippen molar-refractivity contribution in [2.45, 2.75) is 44.6 Å². The largest absolute Gasteiger partial charge is 0.472 e. The smallest absolute Gasteiger partial charge is 0.254 e. The summed E-state index contributed by atoms with van der Waals surface area (Å²) >= 11 is 0. The molecular formula is C14H20N2O3. The molecule has 19 heavy (non-hydrogen) atoms. The fourth-order valence-electron chi connectivity index (χ4n) is 2.33. The fraction of sp³-hybridized carbons (Fsp3) is 0.571. The van der Waals surface area contributed by atoms with Crippen LogP contribution in [-0.4, -0.2) is 24.4 Å². The highest BCUT2D eigenvalue weighted by molar-refractivity contribution is 5.94. The van der Waals surface area contributed by atoms with Gasteiger partial charge in [-0.25, -0.2) is 0 Å². The Morgan fingerprint density at radius 2 is 2.05 bits per heavy atom. The van der Waals surface area contributed by atoms with Gasteiger partial charge in [0.1, 0.15) is 6.26 Å². The normalized spacial score (nSPS) is 16.0. The van der Waals surface area contributed by atoms with Gasteiger partial charge in [-0.3, -0.25) is 9.59 Å². The highest BCUT2D eigenvalue weighted by atomic mass is 16.3. The van der Waals surface area contributed by atoms with Gasteiger partial charge >= 0.3 is 0 Å². The Hall–Kier alpha value is -1.78. The SMILES string of the molecule is O=C(CCNC(=O)c1ccoc1)NC1CCCCC1. The molecule has 0 bridgehead atoms. The molecule has 0 aliphatic heterocycles. The number of amides is 2. The summed E-state index contributed by atoms with van der Waals surface area (Å²) in [5.41, 5.74) is 0.479. The minimum atomic E-state index is -0.209. The molecule has 1 aliphatic carbocycles. The van der Waals surface area contributed by atoms with Gasteiger partial charge in [0.05, 0.1) is 11.8 Å². The Kier molecular flexibility index (Phi) is 5.01. The van der Waals surface area contributed by atoms with Crippen molar-refractivity contribution < 1.29 is 14.0 Å². The molecule has 5 heteroatoms. The first-order chi connectivity index (χ1) is 9.25. The molecule has 0 radical (unpaired) electrons. The Morgan fingerprint density at radius 1 is 1.26 bits per heavy atom. The van der Waals surface area contributed by atoms with Gasteiger partial charge in [0.25, 0.3) is 5.91 Å². The lowest BCUT2D eigenvalue weighted by atomic mass is 9.95. The first-order valence-electron chi connectivity index (χ1n) is 6.85. The van der Waals surface area contributed by atoms with Gasteiger partial charge in [0.2, 0.25) is 5.91 Å². The second-order valence-electron chi connectivity index (χ2n) is 4.92. The van der Waals surface area contributed by atoms with Crippen LogP contribution in [0.5, 0.6) is 0 Å². The first-order valence-corrected chi connectivity index (χ1v) is 6.85. The van der Waals surface area contributed by atoms with E-state index < -0.39 is 0 Å². The molecule has 1 fully saturated rings. The van der Waals surface area contributed by atoms with Crippen LogP contribution in [0.3, 0.4) is 0 Å². The first kappa shape index (κ1) is 13.6. The Labute approximate surface area is 112 Å². The van der Waals surface area contributed by atoms with Crippen molar-refractivity contribution in [1.29, 1.82) is 0 Å². The fourth-order valence-corrected chi connectivity index (χ4v) is 2.33. The van der Waals surface area contributed by atoms with Crippen molar-refractivity contribution in [1.82, 2.24) is 10.6 Å². The molecule has 0 saturated heterocycles. The molecule has 0 spiro atoms. The molecular weight excluding hydrogens is 244 g/mol. The molecule has 0 aromatic carbocycles. The molecule has 5 nitrogen and oxygen atoms in total. The van der Waals surface area contributed by atoms with Gasteiger partial charge in [-0.2, -0.15) is 0 Å². The predicted octanol–water partition coefficient (Wildman–Crippen LogP) is 1.85. The van der Waals surface area contributed by atoms with Crippen LogP contribution in [0.25, 0.3) is 0 Å². The standard InChI is InChI=1S/C14H20N2O3/c17-13(16-12-4-2-1-3-5-12)6-8-15-14(18)11-7-9-19-10-11/h7,9-10,12H,1-6,8H2,(H,15,18)(H,16,17). The second kappa shape index (κ2) is 6.97. The molecule has 1 heterocycles. The molecule has 2 N–H and O–H groups in total. The lowest BCUT2D eigenvalue weighted by molar-refractivity contribution is -0.121. The maximum atomic E-state index is 11.7. The van der Waals surface area contributed by atoms with Crippen LogP contribution in [0.4, 0.5) is 0 Å². The molecule has 1 aromatic rings. The summed E-state index contributed by atoms with van der Waals surface area (Å²) < 4.78 is 4.82. The zero-order chi connectivity index (χ0) is 13.5. The molecule has 1 saturated carbocycles. The van der Waals surface area contributed by atoms with E-state index in [4.69, 9.17) is 4.42 Å². The zero-order valence-electron chi connectivity index (χ0n) is 11.0. The van der Waals surface area contributed by atoms with E-state index in [1.807, 2.05) is 0 Å². The Balaban J connectivity index is 1.62. The summed E-state index contributed by atoms with van der Waals surface area (Å²) in [7, 11) is 0. The van der Waals surface area contributed by atoms with Crippen molar-refractivity contribution in [3.8, 4) is 0 Å². The van der Waals surface area contributed by atoms with Crippen molar-refractivity contribution in [2.75, 3.05) is 6.54 Å². The third kappa shape index (κ3) is 4.43. The average molecular weight is 264 g/mol.